The molecule has 0 saturated heterocycles. The summed E-state index contributed by atoms with van der Waals surface area (Å²) < 4.78 is 304. The van der Waals surface area contributed by atoms with Gasteiger partial charge in [0.1, 0.15) is 0 Å². The zero-order valence-electron chi connectivity index (χ0n) is 17.5. The van der Waals surface area contributed by atoms with Crippen LogP contribution in [0.3, 0.4) is 0 Å². The van der Waals surface area contributed by atoms with Crippen LogP contribution in [0.25, 0.3) is 0 Å². The number of halogens is 23. The monoisotopic (exact) mass is 654 g/mol. The Morgan fingerprint density at radius 2 is 0.625 bits per heavy atom. The van der Waals surface area contributed by atoms with Crippen molar-refractivity contribution in [1.82, 2.24) is 0 Å². The Bertz CT molecular complexity index is 987. The summed E-state index contributed by atoms with van der Waals surface area (Å²) >= 11 is 0. The van der Waals surface area contributed by atoms with Crippen molar-refractivity contribution in [2.24, 2.45) is 0 Å². The molecule has 0 unspecified atom stereocenters. The molecule has 0 fully saturated rings. The van der Waals surface area contributed by atoms with Crippen molar-refractivity contribution in [1.29, 1.82) is 0 Å². The van der Waals surface area contributed by atoms with Crippen molar-refractivity contribution in [3.8, 4) is 0 Å². The zero-order chi connectivity index (χ0) is 33.4. The van der Waals surface area contributed by atoms with Crippen LogP contribution in [0.4, 0.5) is 101 Å². The second-order valence-electron chi connectivity index (χ2n) is 7.46. The van der Waals surface area contributed by atoms with E-state index in [1.165, 1.54) is 0 Å². The van der Waals surface area contributed by atoms with Crippen LogP contribution in [0.2, 0.25) is 0 Å². The largest absolute Gasteiger partial charge is 0.478 e. The van der Waals surface area contributed by atoms with Gasteiger partial charge in [0.2, 0.25) is 0 Å². The van der Waals surface area contributed by atoms with Gasteiger partial charge in [0.25, 0.3) is 0 Å². The lowest BCUT2D eigenvalue weighted by Gasteiger charge is -2.45. The molecule has 0 amide bonds. The van der Waals surface area contributed by atoms with Gasteiger partial charge in [-0.2, -0.15) is 101 Å². The predicted molar refractivity (Wildman–Crippen MR) is 76.9 cm³/mol. The molecule has 0 heterocycles. The fourth-order valence-electron chi connectivity index (χ4n) is 2.24. The second-order valence-corrected chi connectivity index (χ2v) is 7.46. The van der Waals surface area contributed by atoms with Crippen molar-refractivity contribution in [3.05, 3.63) is 12.2 Å². The van der Waals surface area contributed by atoms with Gasteiger partial charge in [0, 0.05) is 12.0 Å². The number of carboxylic acids is 1. The van der Waals surface area contributed by atoms with Crippen LogP contribution >= 0.6 is 0 Å². The van der Waals surface area contributed by atoms with Gasteiger partial charge < -0.3 is 5.11 Å². The third-order valence-corrected chi connectivity index (χ3v) is 4.71. The minimum absolute atomic E-state index is 2.00. The van der Waals surface area contributed by atoms with E-state index in [4.69, 9.17) is 5.11 Å². The summed E-state index contributed by atoms with van der Waals surface area (Å²) in [5.41, 5.74) is -2.32. The van der Waals surface area contributed by atoms with E-state index in [-0.39, 0.29) is 0 Å². The van der Waals surface area contributed by atoms with Gasteiger partial charge in [-0.3, -0.25) is 0 Å². The maximum Gasteiger partial charge on any atom is 0.460 e. The first-order valence-corrected chi connectivity index (χ1v) is 8.58. The van der Waals surface area contributed by atoms with Crippen LogP contribution in [0.1, 0.15) is 6.42 Å². The average molecular weight is 654 g/mol. The molecule has 0 saturated carbocycles. The van der Waals surface area contributed by atoms with Crippen LogP contribution in [-0.4, -0.2) is 76.5 Å². The van der Waals surface area contributed by atoms with E-state index in [1.807, 2.05) is 6.58 Å². The Hall–Kier alpha value is -2.40. The molecule has 0 aromatic carbocycles. The number of hydrogen-bond acceptors (Lipinski definition) is 1. The van der Waals surface area contributed by atoms with Crippen LogP contribution < -0.4 is 0 Å². The Kier molecular flexibility index (Phi) is 8.75. The smallest absolute Gasteiger partial charge is 0.460 e. The van der Waals surface area contributed by atoms with Gasteiger partial charge >= 0.3 is 71.4 Å². The van der Waals surface area contributed by atoms with E-state index in [2.05, 4.69) is 0 Å². The summed E-state index contributed by atoms with van der Waals surface area (Å²) in [4.78, 5) is 10.3. The minimum Gasteiger partial charge on any atom is -0.478 e. The second kappa shape index (κ2) is 9.31. The van der Waals surface area contributed by atoms with E-state index in [1.54, 1.807) is 0 Å². The molecule has 0 aliphatic rings. The van der Waals surface area contributed by atoms with E-state index in [0.717, 1.165) is 0 Å². The molecular formula is C15H5F23O2. The third-order valence-electron chi connectivity index (χ3n) is 4.71. The Labute approximate surface area is 202 Å². The van der Waals surface area contributed by atoms with Crippen LogP contribution in [0.15, 0.2) is 12.2 Å². The molecule has 40 heavy (non-hydrogen) atoms. The summed E-state index contributed by atoms with van der Waals surface area (Å²) in [5, 5.41) is 8.18. The number of alkyl halides is 23. The lowest BCUT2D eigenvalue weighted by molar-refractivity contribution is -0.478. The van der Waals surface area contributed by atoms with Crippen molar-refractivity contribution in [2.75, 3.05) is 0 Å². The van der Waals surface area contributed by atoms with Crippen molar-refractivity contribution in [3.63, 3.8) is 0 Å². The standard InChI is InChI=1S/C15H5F23O2/c1-3(4(39)40)2-5(16,17)6(18,19)7(20,21)8(22,23)9(24,25)10(26,27)11(28,29)12(30,31)13(32,33)14(34,35)15(36,37)38/h1-2H2,(H,39,40). The van der Waals surface area contributed by atoms with E-state index < -0.39 is 83.4 Å². The Balaban J connectivity index is 7.20. The van der Waals surface area contributed by atoms with Gasteiger partial charge in [0.15, 0.2) is 0 Å². The molecule has 238 valence electrons. The van der Waals surface area contributed by atoms with Gasteiger partial charge in [-0.1, -0.05) is 6.58 Å². The van der Waals surface area contributed by atoms with Gasteiger partial charge in [-0.15, -0.1) is 0 Å². The highest BCUT2D eigenvalue weighted by Crippen LogP contribution is 2.67. The number of hydrogen-bond donors (Lipinski definition) is 1. The van der Waals surface area contributed by atoms with E-state index in [0.29, 0.717) is 0 Å². The Morgan fingerprint density at radius 3 is 0.825 bits per heavy atom. The van der Waals surface area contributed by atoms with Gasteiger partial charge in [-0.25, -0.2) is 4.79 Å². The van der Waals surface area contributed by atoms with Crippen LogP contribution in [0.5, 0.6) is 0 Å². The fourth-order valence-corrected chi connectivity index (χ4v) is 2.24. The molecule has 0 rings (SSSR count). The molecule has 0 atom stereocenters. The van der Waals surface area contributed by atoms with Gasteiger partial charge in [0.05, 0.1) is 0 Å². The molecule has 0 spiro atoms. The molecular weight excluding hydrogens is 649 g/mol. The van der Waals surface area contributed by atoms with E-state index in [9.17, 15) is 106 Å². The highest BCUT2D eigenvalue weighted by atomic mass is 19.4. The molecule has 2 nitrogen and oxygen atoms in total. The summed E-state index contributed by atoms with van der Waals surface area (Å²) in [6.45, 7) is 2.00. The highest BCUT2D eigenvalue weighted by molar-refractivity contribution is 5.85. The Morgan fingerprint density at radius 1 is 0.425 bits per heavy atom. The summed E-state index contributed by atoms with van der Waals surface area (Å²) in [6.07, 6.45) is -11.5. The summed E-state index contributed by atoms with van der Waals surface area (Å²) in [5.74, 6) is -91.5. The topological polar surface area (TPSA) is 37.3 Å². The molecule has 25 heteroatoms. The summed E-state index contributed by atoms with van der Waals surface area (Å²) in [7, 11) is 0. The molecule has 0 aromatic heterocycles. The molecule has 0 radical (unpaired) electrons. The normalized spacial score (nSPS) is 16.3. The number of aliphatic carboxylic acids is 1. The molecule has 1 N–H and O–H groups in total. The quantitative estimate of drug-likeness (QED) is 0.172. The molecule has 0 aromatic rings. The van der Waals surface area contributed by atoms with Crippen molar-refractivity contribution in [2.45, 2.75) is 71.8 Å². The maximum absolute atomic E-state index is 13.6. The van der Waals surface area contributed by atoms with Crippen molar-refractivity contribution >= 4 is 5.97 Å². The average Bonchev–Trinajstić information content (AvgIpc) is 2.70. The highest BCUT2D eigenvalue weighted by Gasteiger charge is 2.98. The SMILES string of the molecule is C=C(CC(F)(F)C(F)(F)C(F)(F)C(F)(F)C(F)(F)C(F)(F)C(F)(F)C(F)(F)C(F)(F)C(F)(F)C(F)(F)F)C(=O)O. The lowest BCUT2D eigenvalue weighted by atomic mass is 9.84. The van der Waals surface area contributed by atoms with E-state index >= 15 is 0 Å². The predicted octanol–water partition coefficient (Wildman–Crippen LogP) is 7.93. The lowest BCUT2D eigenvalue weighted by Crippen LogP contribution is -2.77. The number of rotatable bonds is 12. The van der Waals surface area contributed by atoms with Crippen LogP contribution in [-0.2, 0) is 4.79 Å². The zero-order valence-corrected chi connectivity index (χ0v) is 17.5. The number of carboxylic acid groups (broad SMARTS) is 1. The first kappa shape index (κ1) is 37.6. The molecule has 0 bridgehead atoms. The third kappa shape index (κ3) is 4.57. The van der Waals surface area contributed by atoms with Gasteiger partial charge in [-0.05, 0) is 0 Å². The van der Waals surface area contributed by atoms with Crippen LogP contribution in [0, 0.1) is 0 Å². The maximum atomic E-state index is 13.6. The number of carbonyl (C=O) groups is 1. The first-order valence-electron chi connectivity index (χ1n) is 8.58. The first-order chi connectivity index (χ1) is 16.8. The molecule has 0 aliphatic heterocycles. The fraction of sp³-hybridized carbons (Fsp3) is 0.800. The summed E-state index contributed by atoms with van der Waals surface area (Å²) in [6, 6.07) is 0. The van der Waals surface area contributed by atoms with Crippen molar-refractivity contribution < 1.29 is 111 Å². The minimum atomic E-state index is -9.47. The molecule has 0 aliphatic carbocycles.